The molecule has 0 fully saturated rings. The van der Waals surface area contributed by atoms with E-state index in [4.69, 9.17) is 10.8 Å². The highest BCUT2D eigenvalue weighted by atomic mass is 16.3. The zero-order valence-corrected chi connectivity index (χ0v) is 10.9. The quantitative estimate of drug-likeness (QED) is 0.617. The van der Waals surface area contributed by atoms with Gasteiger partial charge in [0.1, 0.15) is 5.75 Å². The Labute approximate surface area is 107 Å². The van der Waals surface area contributed by atoms with E-state index >= 15 is 0 Å². The lowest BCUT2D eigenvalue weighted by atomic mass is 10.3. The number of hydrogen-bond donors (Lipinski definition) is 4. The van der Waals surface area contributed by atoms with Crippen LogP contribution in [-0.2, 0) is 4.79 Å². The number of rotatable bonds is 3. The summed E-state index contributed by atoms with van der Waals surface area (Å²) in [5.41, 5.74) is 5.33. The Morgan fingerprint density at radius 3 is 2.39 bits per heavy atom. The van der Waals surface area contributed by atoms with Crippen LogP contribution in [0.3, 0.4) is 0 Å². The molecule has 102 valence electrons. The van der Waals surface area contributed by atoms with Crippen molar-refractivity contribution in [2.75, 3.05) is 11.9 Å². The molecule has 1 rings (SSSR count). The number of benzene rings is 1. The molecular formula is C12H21N3O3. The second kappa shape index (κ2) is 12.8. The molecular weight excluding hydrogens is 234 g/mol. The molecule has 0 saturated heterocycles. The van der Waals surface area contributed by atoms with Gasteiger partial charge in [-0.15, -0.1) is 0 Å². The highest BCUT2D eigenvalue weighted by Gasteiger charge is 1.94. The normalized spacial score (nSPS) is 7.72. The maximum absolute atomic E-state index is 10.3. The van der Waals surface area contributed by atoms with E-state index in [1.54, 1.807) is 12.1 Å². The number of urea groups is 1. The average Bonchev–Trinajstić information content (AvgIpc) is 2.32. The number of carbonyl (C=O) groups is 2. The maximum Gasteiger partial charge on any atom is 0.316 e. The first kappa shape index (κ1) is 18.1. The number of carbonyl (C=O) groups excluding carboxylic acids is 2. The van der Waals surface area contributed by atoms with Gasteiger partial charge in [-0.05, 0) is 19.1 Å². The molecule has 0 aliphatic carbocycles. The van der Waals surface area contributed by atoms with Crippen LogP contribution in [0.4, 0.5) is 10.5 Å². The molecule has 5 N–H and O–H groups in total. The topological polar surface area (TPSA) is 104 Å². The second-order valence-electron chi connectivity index (χ2n) is 2.72. The van der Waals surface area contributed by atoms with Gasteiger partial charge in [-0.3, -0.25) is 4.79 Å². The first-order valence-electron chi connectivity index (χ1n) is 5.62. The summed E-state index contributed by atoms with van der Waals surface area (Å²) in [4.78, 5) is 19.6. The number of nitrogens with two attached hydrogens (primary N) is 1. The zero-order chi connectivity index (χ0) is 14.4. The van der Waals surface area contributed by atoms with Crippen molar-refractivity contribution < 1.29 is 14.7 Å². The van der Waals surface area contributed by atoms with E-state index < -0.39 is 6.03 Å². The molecule has 0 unspecified atom stereocenters. The third kappa shape index (κ3) is 11.8. The lowest BCUT2D eigenvalue weighted by Crippen LogP contribution is -2.18. The smallest absolute Gasteiger partial charge is 0.316 e. The zero-order valence-electron chi connectivity index (χ0n) is 10.9. The van der Waals surface area contributed by atoms with E-state index in [-0.39, 0.29) is 5.75 Å². The molecule has 0 aliphatic heterocycles. The number of anilines is 1. The van der Waals surface area contributed by atoms with Gasteiger partial charge in [-0.2, -0.15) is 0 Å². The predicted octanol–water partition coefficient (Wildman–Crippen LogP) is 1.66. The van der Waals surface area contributed by atoms with Crippen LogP contribution < -0.4 is 16.4 Å². The van der Waals surface area contributed by atoms with Gasteiger partial charge in [0.05, 0.1) is 0 Å². The van der Waals surface area contributed by atoms with Gasteiger partial charge in [0.15, 0.2) is 0 Å². The minimum Gasteiger partial charge on any atom is -0.508 e. The van der Waals surface area contributed by atoms with Crippen LogP contribution in [0.15, 0.2) is 24.3 Å². The van der Waals surface area contributed by atoms with Crippen molar-refractivity contribution >= 4 is 18.1 Å². The minimum absolute atomic E-state index is 0.0938. The van der Waals surface area contributed by atoms with Crippen molar-refractivity contribution in [3.05, 3.63) is 24.3 Å². The van der Waals surface area contributed by atoms with Crippen molar-refractivity contribution in [2.45, 2.75) is 20.8 Å². The summed E-state index contributed by atoms with van der Waals surface area (Å²) in [5, 5.41) is 13.7. The first-order valence-corrected chi connectivity index (χ1v) is 5.62. The van der Waals surface area contributed by atoms with Gasteiger partial charge >= 0.3 is 6.03 Å². The first-order chi connectivity index (χ1) is 8.60. The molecule has 0 atom stereocenters. The molecule has 1 aromatic carbocycles. The Morgan fingerprint density at radius 2 is 2.06 bits per heavy atom. The molecule has 0 saturated carbocycles. The summed E-state index contributed by atoms with van der Waals surface area (Å²) in [6.45, 7) is 6.60. The van der Waals surface area contributed by atoms with Crippen LogP contribution in [0.25, 0.3) is 0 Å². The standard InChI is InChI=1S/C7H8N2O2.C3H7NO.C2H6/c8-7(11)9-5-2-1-3-6(10)4-5;1-2-4-3-5;1-2/h1-4,10H,(H3,8,9,11);3H,2H2,1H3,(H,4,5);1-2H3. The highest BCUT2D eigenvalue weighted by molar-refractivity contribution is 5.87. The Bertz CT molecular complexity index is 343. The fraction of sp³-hybridized carbons (Fsp3) is 0.333. The average molecular weight is 255 g/mol. The van der Waals surface area contributed by atoms with E-state index in [0.717, 1.165) is 6.54 Å². The summed E-state index contributed by atoms with van der Waals surface area (Å²) in [6, 6.07) is 5.51. The van der Waals surface area contributed by atoms with Gasteiger partial charge in [-0.1, -0.05) is 19.9 Å². The SMILES string of the molecule is CC.CCNC=O.NC(=O)Nc1cccc(O)c1. The van der Waals surface area contributed by atoms with E-state index in [2.05, 4.69) is 10.6 Å². The minimum atomic E-state index is -0.643. The molecule has 6 heteroatoms. The summed E-state index contributed by atoms with van der Waals surface area (Å²) in [5.74, 6) is 0.0938. The molecule has 0 spiro atoms. The number of hydrogen-bond acceptors (Lipinski definition) is 3. The Morgan fingerprint density at radius 1 is 1.44 bits per heavy atom. The Hall–Kier alpha value is -2.24. The number of phenolic OH excluding ortho intramolecular Hbond substituents is 1. The third-order valence-electron chi connectivity index (χ3n) is 1.40. The van der Waals surface area contributed by atoms with E-state index in [1.807, 2.05) is 20.8 Å². The number of primary amides is 1. The molecule has 0 bridgehead atoms. The number of amides is 3. The van der Waals surface area contributed by atoms with E-state index in [1.165, 1.54) is 12.1 Å². The second-order valence-corrected chi connectivity index (χ2v) is 2.72. The van der Waals surface area contributed by atoms with Crippen molar-refractivity contribution in [2.24, 2.45) is 5.73 Å². The predicted molar refractivity (Wildman–Crippen MR) is 72.4 cm³/mol. The molecule has 18 heavy (non-hydrogen) atoms. The van der Waals surface area contributed by atoms with Crippen molar-refractivity contribution in [1.29, 1.82) is 0 Å². The van der Waals surface area contributed by atoms with Crippen LogP contribution in [0.5, 0.6) is 5.75 Å². The molecule has 6 nitrogen and oxygen atoms in total. The fourth-order valence-electron chi connectivity index (χ4n) is 0.809. The van der Waals surface area contributed by atoms with Gasteiger partial charge in [0.25, 0.3) is 0 Å². The highest BCUT2D eigenvalue weighted by Crippen LogP contribution is 2.14. The Balaban J connectivity index is 0. The molecule has 0 radical (unpaired) electrons. The number of nitrogens with one attached hydrogen (secondary N) is 2. The summed E-state index contributed by atoms with van der Waals surface area (Å²) in [7, 11) is 0. The molecule has 1 aromatic rings. The van der Waals surface area contributed by atoms with Crippen LogP contribution in [-0.4, -0.2) is 24.1 Å². The van der Waals surface area contributed by atoms with Gasteiger partial charge in [0.2, 0.25) is 6.41 Å². The maximum atomic E-state index is 10.3. The van der Waals surface area contributed by atoms with Crippen LogP contribution in [0.2, 0.25) is 0 Å². The van der Waals surface area contributed by atoms with Crippen molar-refractivity contribution in [3.8, 4) is 5.75 Å². The fourth-order valence-corrected chi connectivity index (χ4v) is 0.809. The van der Waals surface area contributed by atoms with Gasteiger partial charge < -0.3 is 21.5 Å². The lowest BCUT2D eigenvalue weighted by Gasteiger charge is -2.00. The van der Waals surface area contributed by atoms with Crippen LogP contribution in [0, 0.1) is 0 Å². The van der Waals surface area contributed by atoms with E-state index in [9.17, 15) is 9.59 Å². The Kier molecular flexibility index (Phi) is 12.9. The molecule has 0 heterocycles. The summed E-state index contributed by atoms with van der Waals surface area (Å²) >= 11 is 0. The molecule has 0 aliphatic rings. The van der Waals surface area contributed by atoms with Crippen molar-refractivity contribution in [3.63, 3.8) is 0 Å². The van der Waals surface area contributed by atoms with Crippen LogP contribution in [0.1, 0.15) is 20.8 Å². The molecule has 0 aromatic heterocycles. The van der Waals surface area contributed by atoms with E-state index in [0.29, 0.717) is 12.1 Å². The van der Waals surface area contributed by atoms with Crippen LogP contribution >= 0.6 is 0 Å². The monoisotopic (exact) mass is 255 g/mol. The number of aromatic hydroxyl groups is 1. The third-order valence-corrected chi connectivity index (χ3v) is 1.40. The summed E-state index contributed by atoms with van der Waals surface area (Å²) in [6.07, 6.45) is 0.681. The molecule has 3 amide bonds. The largest absolute Gasteiger partial charge is 0.508 e. The van der Waals surface area contributed by atoms with Gasteiger partial charge in [0, 0.05) is 18.3 Å². The number of phenols is 1. The lowest BCUT2D eigenvalue weighted by molar-refractivity contribution is -0.109. The van der Waals surface area contributed by atoms with Gasteiger partial charge in [-0.25, -0.2) is 4.79 Å². The van der Waals surface area contributed by atoms with Crippen molar-refractivity contribution in [1.82, 2.24) is 5.32 Å². The summed E-state index contributed by atoms with van der Waals surface area (Å²) < 4.78 is 0.